The van der Waals surface area contributed by atoms with E-state index >= 15 is 0 Å². The van der Waals surface area contributed by atoms with E-state index in [1.54, 1.807) is 17.8 Å². The highest BCUT2D eigenvalue weighted by Crippen LogP contribution is 2.52. The molecule has 6 rings (SSSR count). The lowest BCUT2D eigenvalue weighted by atomic mass is 9.71. The van der Waals surface area contributed by atoms with Crippen molar-refractivity contribution in [3.8, 4) is 17.2 Å². The molecule has 0 radical (unpaired) electrons. The smallest absolute Gasteiger partial charge is 0.273 e. The number of aliphatic hydroxyl groups excluding tert-OH is 2. The summed E-state index contributed by atoms with van der Waals surface area (Å²) < 4.78 is 46.2. The summed E-state index contributed by atoms with van der Waals surface area (Å²) in [7, 11) is 1.32. The molecule has 414 valence electrons. The Morgan fingerprint density at radius 3 is 2.20 bits per heavy atom. The number of hydrogen-bond acceptors (Lipinski definition) is 22. The lowest BCUT2D eigenvalue weighted by Gasteiger charge is -2.43. The number of fused-ring (bicyclic) bond motifs is 3. The first-order chi connectivity index (χ1) is 36.2. The molecule has 2 aromatic carbocycles. The van der Waals surface area contributed by atoms with Gasteiger partial charge in [-0.3, -0.25) is 23.9 Å². The van der Waals surface area contributed by atoms with Crippen molar-refractivity contribution < 1.29 is 82.6 Å². The number of phenolic OH excluding ortho intramolecular Hbond substituents is 2. The van der Waals surface area contributed by atoms with E-state index in [-0.39, 0.29) is 64.7 Å². The van der Waals surface area contributed by atoms with Crippen LogP contribution in [0.2, 0.25) is 0 Å². The Morgan fingerprint density at radius 2 is 1.55 bits per heavy atom. The summed E-state index contributed by atoms with van der Waals surface area (Å²) in [4.78, 5) is 53.6. The molecule has 0 unspecified atom stereocenters. The molecule has 1 aliphatic heterocycles. The lowest BCUT2D eigenvalue weighted by molar-refractivity contribution is -0.245. The van der Waals surface area contributed by atoms with Crippen molar-refractivity contribution in [2.75, 3.05) is 92.1 Å². The Morgan fingerprint density at radius 1 is 0.907 bits per heavy atom. The number of benzene rings is 2. The van der Waals surface area contributed by atoms with Crippen molar-refractivity contribution in [2.45, 2.75) is 108 Å². The van der Waals surface area contributed by atoms with Crippen LogP contribution in [0, 0.1) is 0 Å². The van der Waals surface area contributed by atoms with Crippen molar-refractivity contribution in [3.05, 3.63) is 63.5 Å². The van der Waals surface area contributed by atoms with Gasteiger partial charge in [0.05, 0.1) is 127 Å². The van der Waals surface area contributed by atoms with Gasteiger partial charge in [-0.2, -0.15) is 17.7 Å². The van der Waals surface area contributed by atoms with Gasteiger partial charge in [0.25, 0.3) is 5.91 Å². The summed E-state index contributed by atoms with van der Waals surface area (Å²) in [6.07, 6.45) is -0.0509. The number of phenols is 2. The highest BCUT2D eigenvalue weighted by Gasteiger charge is 2.49. The molecule has 0 spiro atoms. The van der Waals surface area contributed by atoms with Crippen LogP contribution in [0.25, 0.3) is 0 Å². The predicted octanol–water partition coefficient (Wildman–Crippen LogP) is 1.28. The number of thiol groups is 1. The number of methoxy groups -OCH3 is 1. The maximum atomic E-state index is 14.1. The van der Waals surface area contributed by atoms with Crippen molar-refractivity contribution in [1.82, 2.24) is 25.7 Å². The minimum absolute atomic E-state index is 0.0169. The van der Waals surface area contributed by atoms with E-state index in [4.69, 9.17) is 43.6 Å². The van der Waals surface area contributed by atoms with Crippen LogP contribution in [0.3, 0.4) is 0 Å². The van der Waals surface area contributed by atoms with Gasteiger partial charge in [-0.05, 0) is 25.8 Å². The molecule has 75 heavy (non-hydrogen) atoms. The third-order valence-electron chi connectivity index (χ3n) is 13.0. The molecule has 1 aromatic heterocycles. The number of nitrogens with two attached hydrogens (primary N) is 1. The summed E-state index contributed by atoms with van der Waals surface area (Å²) in [6.45, 7) is 6.08. The maximum absolute atomic E-state index is 14.1. The van der Waals surface area contributed by atoms with Gasteiger partial charge in [0.2, 0.25) is 11.7 Å². The van der Waals surface area contributed by atoms with Gasteiger partial charge < -0.3 is 74.5 Å². The molecule has 6 atom stereocenters. The average Bonchev–Trinajstić information content (AvgIpc) is 3.90. The molecule has 2 amide bonds. The van der Waals surface area contributed by atoms with Crippen LogP contribution >= 0.6 is 12.6 Å². The SMILES string of the molecule is COc1cccc2c1C(=O)c1c(O)c3c(c(O)c1C2=O)C[C@@](O)(/C(CO)=N/NC(=O)CCCCCCCn1cc(C(=O)NCCOCCOCCOCCOCCOCCS)nn1)C[C@@H]3O[C@H]1C[C@H](N)[C@H](O)[C@H](C)O1. The molecule has 1 fully saturated rings. The average molecular weight is 1070 g/mol. The first kappa shape index (κ1) is 59.1. The Bertz CT molecular complexity index is 2410. The monoisotopic (exact) mass is 1070 g/mol. The number of aromatic hydroxyl groups is 2. The number of hydrogen-bond donors (Lipinski definition) is 9. The molecule has 1 saturated heterocycles. The van der Waals surface area contributed by atoms with Gasteiger partial charge in [-0.25, -0.2) is 5.43 Å². The van der Waals surface area contributed by atoms with Crippen molar-refractivity contribution >= 4 is 41.7 Å². The molecule has 2 heterocycles. The van der Waals surface area contributed by atoms with E-state index in [0.29, 0.717) is 91.2 Å². The zero-order valence-corrected chi connectivity index (χ0v) is 43.3. The van der Waals surface area contributed by atoms with Gasteiger partial charge in [0, 0.05) is 67.3 Å². The fraction of sp³-hybridized carbons (Fsp3) is 0.620. The lowest BCUT2D eigenvalue weighted by Crippen LogP contribution is -2.53. The van der Waals surface area contributed by atoms with E-state index in [9.17, 15) is 44.7 Å². The first-order valence-corrected chi connectivity index (χ1v) is 25.8. The number of ketones is 2. The summed E-state index contributed by atoms with van der Waals surface area (Å²) in [5.74, 6) is -3.05. The highest BCUT2D eigenvalue weighted by atomic mass is 32.1. The molecular weight excluding hydrogens is 1000 g/mol. The third kappa shape index (κ3) is 15.7. The van der Waals surface area contributed by atoms with Crippen LogP contribution in [0.5, 0.6) is 17.2 Å². The van der Waals surface area contributed by atoms with E-state index in [1.807, 2.05) is 0 Å². The van der Waals surface area contributed by atoms with E-state index in [1.165, 1.54) is 25.3 Å². The van der Waals surface area contributed by atoms with Crippen LogP contribution in [-0.4, -0.2) is 192 Å². The number of aromatic nitrogens is 3. The fourth-order valence-electron chi connectivity index (χ4n) is 9.06. The number of ether oxygens (including phenoxy) is 8. The zero-order valence-electron chi connectivity index (χ0n) is 42.4. The van der Waals surface area contributed by atoms with Gasteiger partial charge >= 0.3 is 0 Å². The topological polar surface area (TPSA) is 336 Å². The Kier molecular flexibility index (Phi) is 23.1. The summed E-state index contributed by atoms with van der Waals surface area (Å²) in [5, 5.41) is 72.0. The first-order valence-electron chi connectivity index (χ1n) is 25.2. The molecule has 24 nitrogen and oxygen atoms in total. The number of aryl methyl sites for hydroxylation is 1. The number of carbonyl (C=O) groups is 4. The Balaban J connectivity index is 0.927. The van der Waals surface area contributed by atoms with Gasteiger partial charge in [0.15, 0.2) is 17.8 Å². The van der Waals surface area contributed by atoms with E-state index < -0.39 is 95.8 Å². The third-order valence-corrected chi connectivity index (χ3v) is 13.1. The second-order valence-electron chi connectivity index (χ2n) is 18.3. The summed E-state index contributed by atoms with van der Waals surface area (Å²) in [5.41, 5.74) is 4.87. The van der Waals surface area contributed by atoms with Crippen molar-refractivity contribution in [3.63, 3.8) is 0 Å². The van der Waals surface area contributed by atoms with Crippen LogP contribution in [-0.2, 0) is 50.9 Å². The predicted molar refractivity (Wildman–Crippen MR) is 270 cm³/mol. The van der Waals surface area contributed by atoms with Crippen LogP contribution < -0.4 is 21.2 Å². The number of carbonyl (C=O) groups excluding carboxylic acids is 4. The molecule has 3 aliphatic rings. The van der Waals surface area contributed by atoms with Crippen molar-refractivity contribution in [2.24, 2.45) is 10.8 Å². The van der Waals surface area contributed by atoms with Gasteiger partial charge in [0.1, 0.15) is 22.8 Å². The molecule has 3 aromatic rings. The normalized spacial score (nSPS) is 21.4. The molecular formula is C50H71N7O17S. The molecule has 25 heteroatoms. The number of nitrogens with one attached hydrogen (secondary N) is 2. The number of aliphatic hydroxyl groups is 3. The van der Waals surface area contributed by atoms with Gasteiger partial charge in [-0.1, -0.05) is 36.6 Å². The van der Waals surface area contributed by atoms with Crippen LogP contribution in [0.15, 0.2) is 29.5 Å². The molecule has 9 N–H and O–H groups in total. The van der Waals surface area contributed by atoms with E-state index in [0.717, 1.165) is 19.3 Å². The summed E-state index contributed by atoms with van der Waals surface area (Å²) >= 11 is 4.07. The number of nitrogens with zero attached hydrogens (tertiary/aromatic N) is 4. The Labute approximate surface area is 439 Å². The molecule has 0 bridgehead atoms. The molecule has 0 saturated carbocycles. The fourth-order valence-corrected chi connectivity index (χ4v) is 9.19. The van der Waals surface area contributed by atoms with Crippen LogP contribution in [0.1, 0.15) is 118 Å². The highest BCUT2D eigenvalue weighted by molar-refractivity contribution is 7.80. The maximum Gasteiger partial charge on any atom is 0.273 e. The van der Waals surface area contributed by atoms with E-state index in [2.05, 4.69) is 38.8 Å². The second kappa shape index (κ2) is 29.4. The number of amides is 2. The quantitative estimate of drug-likeness (QED) is 0.0109. The zero-order chi connectivity index (χ0) is 53.9. The number of hydrazone groups is 1. The second-order valence-corrected chi connectivity index (χ2v) is 18.7. The minimum Gasteiger partial charge on any atom is -0.507 e. The van der Waals surface area contributed by atoms with Crippen molar-refractivity contribution in [1.29, 1.82) is 0 Å². The molecule has 2 aliphatic carbocycles. The van der Waals surface area contributed by atoms with Crippen LogP contribution in [0.4, 0.5) is 0 Å². The minimum atomic E-state index is -2.15. The van der Waals surface area contributed by atoms with Gasteiger partial charge in [-0.15, -0.1) is 5.10 Å². The largest absolute Gasteiger partial charge is 0.507 e. The summed E-state index contributed by atoms with van der Waals surface area (Å²) in [6, 6.07) is 3.60. The number of unbranched alkanes of at least 4 members (excludes halogenated alkanes) is 4. The Hall–Kier alpha value is -5.16. The number of rotatable bonds is 32. The standard InChI is InChI=1S/C50H71N7O17S/c1-30-44(60)33(51)25-39(73-30)74-36-27-50(66,26-32-41(36)48(64)43-42(46(32)62)45(61)31-9-8-10-35(67-2)40(31)47(43)63)37(29-58)54-55-38(59)11-6-4-3-5-7-13-57-28-34(53-56-57)49(65)52-12-14-68-15-16-69-17-18-70-19-20-71-21-22-72-23-24-75/h8-10,28,30,33,36,39,44,58,60,62,64,66,75H,3-7,11-27,29,51H2,1-2H3,(H,52,65)(H,55,59)/b54-37+/t30-,33-,36-,39-,44+,50-/m0/s1.